The van der Waals surface area contributed by atoms with Gasteiger partial charge in [0, 0.05) is 5.56 Å². The van der Waals surface area contributed by atoms with Gasteiger partial charge in [-0.3, -0.25) is 4.79 Å². The number of carbonyl (C=O) groups excluding carboxylic acids is 1. The molecule has 0 unspecified atom stereocenters. The van der Waals surface area contributed by atoms with Gasteiger partial charge in [0.15, 0.2) is 0 Å². The third-order valence-electron chi connectivity index (χ3n) is 4.61. The molecule has 0 spiro atoms. The number of benzene rings is 1. The lowest BCUT2D eigenvalue weighted by Gasteiger charge is -2.29. The van der Waals surface area contributed by atoms with Gasteiger partial charge in [0.2, 0.25) is 0 Å². The summed E-state index contributed by atoms with van der Waals surface area (Å²) in [6.07, 6.45) is 12.0. The molecule has 1 heteroatoms. The van der Waals surface area contributed by atoms with Crippen LogP contribution in [0.15, 0.2) is 24.3 Å². The molecule has 1 saturated carbocycles. The van der Waals surface area contributed by atoms with Crippen molar-refractivity contribution < 1.29 is 4.79 Å². The first-order chi connectivity index (χ1) is 9.33. The van der Waals surface area contributed by atoms with Crippen molar-refractivity contribution in [2.75, 3.05) is 0 Å². The molecule has 0 aliphatic heterocycles. The van der Waals surface area contributed by atoms with Crippen molar-refractivity contribution in [3.8, 4) is 0 Å². The maximum Gasteiger partial charge on any atom is 0.150 e. The number of unbranched alkanes of at least 4 members (excludes halogenated alkanes) is 2. The van der Waals surface area contributed by atoms with Gasteiger partial charge in [-0.15, -0.1) is 0 Å². The van der Waals surface area contributed by atoms with Gasteiger partial charge in [0.05, 0.1) is 0 Å². The van der Waals surface area contributed by atoms with Gasteiger partial charge >= 0.3 is 0 Å². The largest absolute Gasteiger partial charge is 0.298 e. The molecule has 0 saturated heterocycles. The van der Waals surface area contributed by atoms with Gasteiger partial charge in [-0.2, -0.15) is 0 Å². The fourth-order valence-electron chi connectivity index (χ4n) is 3.31. The molecule has 0 heterocycles. The summed E-state index contributed by atoms with van der Waals surface area (Å²) < 4.78 is 0. The minimum atomic E-state index is 0.725. The molecule has 0 radical (unpaired) electrons. The molecule has 0 amide bonds. The van der Waals surface area contributed by atoms with Gasteiger partial charge in [0.25, 0.3) is 0 Å². The summed E-state index contributed by atoms with van der Waals surface area (Å²) in [5.74, 6) is 1.69. The van der Waals surface area contributed by atoms with E-state index in [1.54, 1.807) is 0 Å². The van der Waals surface area contributed by atoms with E-state index in [1.807, 2.05) is 12.1 Å². The molecule has 19 heavy (non-hydrogen) atoms. The normalized spacial score (nSPS) is 23.2. The first kappa shape index (κ1) is 14.3. The van der Waals surface area contributed by atoms with Crippen LogP contribution in [0, 0.1) is 5.92 Å². The van der Waals surface area contributed by atoms with Crippen LogP contribution in [0.4, 0.5) is 0 Å². The van der Waals surface area contributed by atoms with Gasteiger partial charge in [-0.05, 0) is 43.1 Å². The number of aldehydes is 1. The molecule has 0 atom stereocenters. The molecule has 2 rings (SSSR count). The van der Waals surface area contributed by atoms with Crippen LogP contribution in [0.1, 0.15) is 80.1 Å². The van der Waals surface area contributed by atoms with Crippen LogP contribution in [-0.2, 0) is 0 Å². The second-order valence-corrected chi connectivity index (χ2v) is 6.00. The van der Waals surface area contributed by atoms with Crippen LogP contribution in [0.3, 0.4) is 0 Å². The van der Waals surface area contributed by atoms with Crippen molar-refractivity contribution in [3.63, 3.8) is 0 Å². The van der Waals surface area contributed by atoms with E-state index in [4.69, 9.17) is 0 Å². The zero-order chi connectivity index (χ0) is 13.5. The molecular weight excluding hydrogens is 232 g/mol. The quantitative estimate of drug-likeness (QED) is 0.496. The van der Waals surface area contributed by atoms with E-state index in [0.29, 0.717) is 0 Å². The van der Waals surface area contributed by atoms with Crippen molar-refractivity contribution in [3.05, 3.63) is 35.4 Å². The highest BCUT2D eigenvalue weighted by molar-refractivity contribution is 5.74. The van der Waals surface area contributed by atoms with Crippen LogP contribution in [0.2, 0.25) is 0 Å². The Bertz CT molecular complexity index is 371. The fraction of sp³-hybridized carbons (Fsp3) is 0.611. The summed E-state index contributed by atoms with van der Waals surface area (Å²) in [4.78, 5) is 10.7. The van der Waals surface area contributed by atoms with Crippen molar-refractivity contribution in [1.82, 2.24) is 0 Å². The molecule has 1 aliphatic rings. The lowest BCUT2D eigenvalue weighted by molar-refractivity contribution is 0.112. The Balaban J connectivity index is 1.80. The Hall–Kier alpha value is -1.11. The molecule has 1 aromatic carbocycles. The van der Waals surface area contributed by atoms with Crippen molar-refractivity contribution in [2.24, 2.45) is 5.92 Å². The molecule has 1 aliphatic carbocycles. The molecular formula is C18H26O. The molecule has 1 fully saturated rings. The molecule has 0 bridgehead atoms. The van der Waals surface area contributed by atoms with Crippen molar-refractivity contribution >= 4 is 6.29 Å². The zero-order valence-electron chi connectivity index (χ0n) is 12.1. The van der Waals surface area contributed by atoms with Crippen molar-refractivity contribution in [1.29, 1.82) is 0 Å². The second kappa shape index (κ2) is 7.47. The zero-order valence-corrected chi connectivity index (χ0v) is 12.1. The smallest absolute Gasteiger partial charge is 0.150 e. The van der Waals surface area contributed by atoms with Crippen LogP contribution >= 0.6 is 0 Å². The van der Waals surface area contributed by atoms with E-state index in [0.717, 1.165) is 23.7 Å². The number of rotatable bonds is 6. The average Bonchev–Trinajstić information content (AvgIpc) is 2.48. The van der Waals surface area contributed by atoms with Crippen LogP contribution < -0.4 is 0 Å². The van der Waals surface area contributed by atoms with Crippen molar-refractivity contribution in [2.45, 2.75) is 64.2 Å². The van der Waals surface area contributed by atoms with Gasteiger partial charge < -0.3 is 0 Å². The molecule has 1 aromatic rings. The van der Waals surface area contributed by atoms with Crippen LogP contribution in [0.25, 0.3) is 0 Å². The fourth-order valence-corrected chi connectivity index (χ4v) is 3.31. The monoisotopic (exact) mass is 258 g/mol. The predicted octanol–water partition coefficient (Wildman–Crippen LogP) is 5.35. The minimum absolute atomic E-state index is 0.725. The summed E-state index contributed by atoms with van der Waals surface area (Å²) >= 11 is 0. The predicted molar refractivity (Wildman–Crippen MR) is 80.7 cm³/mol. The number of hydrogen-bond donors (Lipinski definition) is 0. The highest BCUT2D eigenvalue weighted by Crippen LogP contribution is 2.37. The van der Waals surface area contributed by atoms with Gasteiger partial charge in [-0.25, -0.2) is 0 Å². The summed E-state index contributed by atoms with van der Waals surface area (Å²) in [5, 5.41) is 0. The second-order valence-electron chi connectivity index (χ2n) is 6.00. The topological polar surface area (TPSA) is 17.1 Å². The average molecular weight is 258 g/mol. The Morgan fingerprint density at radius 3 is 2.32 bits per heavy atom. The van der Waals surface area contributed by atoms with Gasteiger partial charge in [0.1, 0.15) is 6.29 Å². The molecule has 0 N–H and O–H groups in total. The standard InChI is InChI=1S/C18H26O/c1-2-3-4-5-15-6-10-17(11-7-15)18-12-8-16(14-19)9-13-18/h8-9,12-15,17H,2-7,10-11H2,1H3/t15-,17-. The Morgan fingerprint density at radius 2 is 1.74 bits per heavy atom. The molecule has 0 aromatic heterocycles. The number of carbonyl (C=O) groups is 1. The SMILES string of the molecule is CCCCC[C@H]1CC[C@H](c2ccc(C=O)cc2)CC1. The Labute approximate surface area is 117 Å². The minimum Gasteiger partial charge on any atom is -0.298 e. The lowest BCUT2D eigenvalue weighted by atomic mass is 9.77. The summed E-state index contributed by atoms with van der Waals surface area (Å²) in [6, 6.07) is 8.20. The van der Waals surface area contributed by atoms with Gasteiger partial charge in [-0.1, -0.05) is 56.9 Å². The first-order valence-corrected chi connectivity index (χ1v) is 7.88. The highest BCUT2D eigenvalue weighted by Gasteiger charge is 2.21. The van der Waals surface area contributed by atoms with E-state index in [-0.39, 0.29) is 0 Å². The van der Waals surface area contributed by atoms with E-state index >= 15 is 0 Å². The maximum atomic E-state index is 10.7. The molecule has 104 valence electrons. The Morgan fingerprint density at radius 1 is 1.05 bits per heavy atom. The third-order valence-corrected chi connectivity index (χ3v) is 4.61. The third kappa shape index (κ3) is 4.19. The van der Waals surface area contributed by atoms with Crippen LogP contribution in [0.5, 0.6) is 0 Å². The summed E-state index contributed by atoms with van der Waals surface area (Å²) in [6.45, 7) is 2.28. The number of hydrogen-bond acceptors (Lipinski definition) is 1. The van der Waals surface area contributed by atoms with Crippen LogP contribution in [-0.4, -0.2) is 6.29 Å². The molecule has 1 nitrogen and oxygen atoms in total. The van der Waals surface area contributed by atoms with E-state index < -0.39 is 0 Å². The van der Waals surface area contributed by atoms with E-state index in [9.17, 15) is 4.79 Å². The highest BCUT2D eigenvalue weighted by atomic mass is 16.1. The summed E-state index contributed by atoms with van der Waals surface area (Å²) in [7, 11) is 0. The van der Waals surface area contributed by atoms with E-state index in [1.165, 1.54) is 56.9 Å². The lowest BCUT2D eigenvalue weighted by Crippen LogP contribution is -2.13. The summed E-state index contributed by atoms with van der Waals surface area (Å²) in [5.41, 5.74) is 2.22. The maximum absolute atomic E-state index is 10.7. The Kier molecular flexibility index (Phi) is 5.62. The van der Waals surface area contributed by atoms with E-state index in [2.05, 4.69) is 19.1 Å². The first-order valence-electron chi connectivity index (χ1n) is 7.88.